The van der Waals surface area contributed by atoms with Crippen LogP contribution in [0.1, 0.15) is 22.3 Å². The van der Waals surface area contributed by atoms with Crippen molar-refractivity contribution in [1.29, 1.82) is 0 Å². The highest BCUT2D eigenvalue weighted by Gasteiger charge is 2.38. The van der Waals surface area contributed by atoms with Crippen LogP contribution < -0.4 is 10.2 Å². The second kappa shape index (κ2) is 12.9. The molecule has 10 heteroatoms. The summed E-state index contributed by atoms with van der Waals surface area (Å²) in [6.45, 7) is 4.61. The smallest absolute Gasteiger partial charge is 0.475 e. The lowest BCUT2D eigenvalue weighted by atomic mass is 10.2. The Labute approximate surface area is 212 Å². The van der Waals surface area contributed by atoms with Gasteiger partial charge < -0.3 is 15.3 Å². The van der Waals surface area contributed by atoms with Crippen molar-refractivity contribution in [3.8, 4) is 0 Å². The van der Waals surface area contributed by atoms with Crippen LogP contribution in [0.5, 0.6) is 0 Å². The average Bonchev–Trinajstić information content (AvgIpc) is 3.10. The van der Waals surface area contributed by atoms with E-state index in [2.05, 4.69) is 27.2 Å². The number of aliphatic carboxylic acids is 1. The van der Waals surface area contributed by atoms with Gasteiger partial charge in [0.05, 0.1) is 0 Å². The Hall–Kier alpha value is -3.92. The van der Waals surface area contributed by atoms with E-state index in [9.17, 15) is 22.4 Å². The zero-order valence-electron chi connectivity index (χ0n) is 19.9. The molecule has 3 aromatic rings. The maximum Gasteiger partial charge on any atom is 0.490 e. The molecular formula is C27H27F4N3O3. The summed E-state index contributed by atoms with van der Waals surface area (Å²) in [6, 6.07) is 24.1. The molecule has 0 saturated carbocycles. The largest absolute Gasteiger partial charge is 0.490 e. The molecule has 1 saturated heterocycles. The number of alkyl halides is 3. The van der Waals surface area contributed by atoms with Crippen LogP contribution in [-0.2, 0) is 11.3 Å². The number of hydrogen-bond acceptors (Lipinski definition) is 4. The fraction of sp³-hybridized carbons (Fsp3) is 0.259. The first-order valence-electron chi connectivity index (χ1n) is 11.6. The molecule has 0 aliphatic carbocycles. The summed E-state index contributed by atoms with van der Waals surface area (Å²) >= 11 is 0. The lowest BCUT2D eigenvalue weighted by Crippen LogP contribution is -2.30. The zero-order chi connectivity index (χ0) is 26.8. The highest BCUT2D eigenvalue weighted by molar-refractivity contribution is 6.04. The van der Waals surface area contributed by atoms with Crippen molar-refractivity contribution in [2.45, 2.75) is 19.1 Å². The molecule has 196 valence electrons. The predicted molar refractivity (Wildman–Crippen MR) is 133 cm³/mol. The second-order valence-electron chi connectivity index (χ2n) is 8.42. The van der Waals surface area contributed by atoms with Gasteiger partial charge in [0, 0.05) is 49.7 Å². The minimum Gasteiger partial charge on any atom is -0.475 e. The number of halogens is 4. The molecule has 0 radical (unpaired) electrons. The third-order valence-corrected chi connectivity index (χ3v) is 5.65. The Balaban J connectivity index is 0.000000479. The van der Waals surface area contributed by atoms with Gasteiger partial charge in [0.25, 0.3) is 5.91 Å². The van der Waals surface area contributed by atoms with E-state index in [1.54, 1.807) is 24.3 Å². The molecule has 4 rings (SSSR count). The van der Waals surface area contributed by atoms with E-state index in [-0.39, 0.29) is 11.7 Å². The van der Waals surface area contributed by atoms with E-state index in [1.807, 2.05) is 36.4 Å². The van der Waals surface area contributed by atoms with Crippen molar-refractivity contribution in [2.75, 3.05) is 36.4 Å². The highest BCUT2D eigenvalue weighted by atomic mass is 19.4. The Kier molecular flexibility index (Phi) is 9.62. The van der Waals surface area contributed by atoms with Gasteiger partial charge in [-0.15, -0.1) is 0 Å². The Bertz CT molecular complexity index is 1170. The van der Waals surface area contributed by atoms with Crippen molar-refractivity contribution in [1.82, 2.24) is 4.90 Å². The van der Waals surface area contributed by atoms with Crippen LogP contribution in [0.4, 0.5) is 28.9 Å². The van der Waals surface area contributed by atoms with Crippen molar-refractivity contribution >= 4 is 23.3 Å². The number of carbonyl (C=O) groups excluding carboxylic acids is 1. The van der Waals surface area contributed by atoms with Crippen LogP contribution in [0.2, 0.25) is 0 Å². The highest BCUT2D eigenvalue weighted by Crippen LogP contribution is 2.21. The lowest BCUT2D eigenvalue weighted by molar-refractivity contribution is -0.192. The molecule has 0 bridgehead atoms. The van der Waals surface area contributed by atoms with Crippen molar-refractivity contribution < 1.29 is 32.3 Å². The first-order valence-corrected chi connectivity index (χ1v) is 11.6. The summed E-state index contributed by atoms with van der Waals surface area (Å²) in [5.74, 6) is -3.04. The number of anilines is 2. The van der Waals surface area contributed by atoms with Crippen LogP contribution in [0.25, 0.3) is 0 Å². The molecule has 2 N–H and O–H groups in total. The van der Waals surface area contributed by atoms with E-state index in [0.717, 1.165) is 56.1 Å². The molecule has 0 atom stereocenters. The van der Waals surface area contributed by atoms with Gasteiger partial charge in [0.15, 0.2) is 0 Å². The number of nitrogens with one attached hydrogen (secondary N) is 1. The van der Waals surface area contributed by atoms with Crippen LogP contribution >= 0.6 is 0 Å². The summed E-state index contributed by atoms with van der Waals surface area (Å²) in [6.07, 6.45) is -4.03. The fourth-order valence-corrected chi connectivity index (χ4v) is 3.83. The average molecular weight is 518 g/mol. The quantitative estimate of drug-likeness (QED) is 0.442. The van der Waals surface area contributed by atoms with Gasteiger partial charge in [-0.1, -0.05) is 30.3 Å². The lowest BCUT2D eigenvalue weighted by Gasteiger charge is -2.24. The molecule has 3 aromatic carbocycles. The molecule has 0 unspecified atom stereocenters. The van der Waals surface area contributed by atoms with Gasteiger partial charge in [-0.05, 0) is 60.5 Å². The summed E-state index contributed by atoms with van der Waals surface area (Å²) in [5.41, 5.74) is 3.60. The first-order chi connectivity index (χ1) is 17.6. The molecule has 1 heterocycles. The van der Waals surface area contributed by atoms with E-state index < -0.39 is 12.1 Å². The number of amides is 1. The molecule has 1 amide bonds. The monoisotopic (exact) mass is 517 g/mol. The number of benzene rings is 3. The topological polar surface area (TPSA) is 72.9 Å². The summed E-state index contributed by atoms with van der Waals surface area (Å²) in [7, 11) is 0. The molecule has 0 spiro atoms. The molecule has 1 fully saturated rings. The van der Waals surface area contributed by atoms with Crippen LogP contribution in [0.3, 0.4) is 0 Å². The molecule has 0 aromatic heterocycles. The van der Waals surface area contributed by atoms with Gasteiger partial charge in [-0.2, -0.15) is 13.2 Å². The van der Waals surface area contributed by atoms with Crippen LogP contribution in [0.15, 0.2) is 78.9 Å². The Morgan fingerprint density at radius 2 is 1.54 bits per heavy atom. The third kappa shape index (κ3) is 8.91. The summed E-state index contributed by atoms with van der Waals surface area (Å²) in [4.78, 5) is 25.9. The number of carbonyl (C=O) groups is 2. The molecule has 6 nitrogen and oxygen atoms in total. The van der Waals surface area contributed by atoms with Crippen LogP contribution in [-0.4, -0.2) is 54.2 Å². The SMILES string of the molecule is O=C(Nc1ccc(N2CCCN(Cc3cccc(F)c3)CC2)cc1)c1ccccc1.O=C(O)C(F)(F)F. The summed E-state index contributed by atoms with van der Waals surface area (Å²) in [5, 5.41) is 10.1. The van der Waals surface area contributed by atoms with Gasteiger partial charge in [-0.25, -0.2) is 9.18 Å². The van der Waals surface area contributed by atoms with E-state index in [4.69, 9.17) is 9.90 Å². The molecule has 37 heavy (non-hydrogen) atoms. The number of carboxylic acid groups (broad SMARTS) is 1. The number of carboxylic acids is 1. The number of rotatable bonds is 5. The Morgan fingerprint density at radius 3 is 2.16 bits per heavy atom. The van der Waals surface area contributed by atoms with Gasteiger partial charge >= 0.3 is 12.1 Å². The van der Waals surface area contributed by atoms with E-state index in [0.29, 0.717) is 5.56 Å². The van der Waals surface area contributed by atoms with Crippen molar-refractivity contribution in [2.24, 2.45) is 0 Å². The predicted octanol–water partition coefficient (Wildman–Crippen LogP) is 5.42. The molecule has 1 aliphatic rings. The van der Waals surface area contributed by atoms with Gasteiger partial charge in [0.2, 0.25) is 0 Å². The van der Waals surface area contributed by atoms with Gasteiger partial charge in [-0.3, -0.25) is 9.69 Å². The summed E-state index contributed by atoms with van der Waals surface area (Å²) < 4.78 is 45.2. The third-order valence-electron chi connectivity index (χ3n) is 5.65. The zero-order valence-corrected chi connectivity index (χ0v) is 19.9. The number of hydrogen-bond donors (Lipinski definition) is 2. The standard InChI is InChI=1S/C25H26FN3O.C2HF3O2/c26-22-9-4-6-20(18-22)19-28-14-5-15-29(17-16-28)24-12-10-23(11-13-24)27-25(30)21-7-2-1-3-8-21;3-2(4,5)1(6)7/h1-4,6-13,18H,5,14-17,19H2,(H,27,30);(H,6,7). The number of nitrogens with zero attached hydrogens (tertiary/aromatic N) is 2. The molecular weight excluding hydrogens is 490 g/mol. The van der Waals surface area contributed by atoms with Crippen LogP contribution in [0, 0.1) is 5.82 Å². The van der Waals surface area contributed by atoms with Crippen molar-refractivity contribution in [3.63, 3.8) is 0 Å². The minimum absolute atomic E-state index is 0.105. The maximum atomic E-state index is 13.4. The van der Waals surface area contributed by atoms with Gasteiger partial charge in [0.1, 0.15) is 5.82 Å². The van der Waals surface area contributed by atoms with E-state index >= 15 is 0 Å². The first kappa shape index (κ1) is 27.7. The fourth-order valence-electron chi connectivity index (χ4n) is 3.83. The molecule has 1 aliphatic heterocycles. The Morgan fingerprint density at radius 1 is 0.865 bits per heavy atom. The normalized spacial score (nSPS) is 14.2. The van der Waals surface area contributed by atoms with E-state index in [1.165, 1.54) is 6.07 Å². The second-order valence-corrected chi connectivity index (χ2v) is 8.42. The minimum atomic E-state index is -5.08. The maximum absolute atomic E-state index is 13.4. The van der Waals surface area contributed by atoms with Crippen molar-refractivity contribution in [3.05, 3.63) is 95.8 Å².